The van der Waals surface area contributed by atoms with Crippen LogP contribution in [0.25, 0.3) is 39.3 Å². The van der Waals surface area contributed by atoms with Gasteiger partial charge >= 0.3 is 5.97 Å². The predicted molar refractivity (Wildman–Crippen MR) is 167 cm³/mol. The number of nitrogens with zero attached hydrogens (tertiary/aromatic N) is 3. The standard InChI is InChI=1S/C35H35FN4O4/c1-20(33(42)43)15-21-5-10-27-29(16-21)40(3)34(37-27)35(12-4-13-35)38-32(41)23-7-9-26-28(18-23)39(2)31(24-11-14-44-19-24)30(26)22-6-8-25(36)17-22/h5,7,9-11,14-16,18-19,22,25H,4,6,8,12-13,17H2,1-3H3,(H,38,41)(H,42,43)/b20-15+. The summed E-state index contributed by atoms with van der Waals surface area (Å²) in [5.74, 6) is -0.231. The monoisotopic (exact) mass is 594 g/mol. The summed E-state index contributed by atoms with van der Waals surface area (Å²) in [5.41, 5.74) is 6.65. The molecule has 5 aromatic rings. The normalized spacial score (nSPS) is 19.9. The van der Waals surface area contributed by atoms with E-state index < -0.39 is 17.7 Å². The van der Waals surface area contributed by atoms with Crippen molar-refractivity contribution in [3.8, 4) is 11.3 Å². The zero-order valence-corrected chi connectivity index (χ0v) is 25.1. The number of carboxylic acids is 1. The molecule has 0 saturated heterocycles. The first-order chi connectivity index (χ1) is 21.1. The second-order valence-corrected chi connectivity index (χ2v) is 12.4. The van der Waals surface area contributed by atoms with E-state index in [0.29, 0.717) is 18.4 Å². The van der Waals surface area contributed by atoms with Crippen LogP contribution >= 0.6 is 0 Å². The number of hydrogen-bond acceptors (Lipinski definition) is 4. The molecule has 0 spiro atoms. The summed E-state index contributed by atoms with van der Waals surface area (Å²) >= 11 is 0. The molecule has 9 heteroatoms. The van der Waals surface area contributed by atoms with Gasteiger partial charge in [0.2, 0.25) is 0 Å². The van der Waals surface area contributed by atoms with E-state index in [-0.39, 0.29) is 17.4 Å². The molecule has 8 nitrogen and oxygen atoms in total. The zero-order valence-electron chi connectivity index (χ0n) is 25.1. The summed E-state index contributed by atoms with van der Waals surface area (Å²) in [6, 6.07) is 13.4. The van der Waals surface area contributed by atoms with Gasteiger partial charge in [0.25, 0.3) is 5.91 Å². The maximum absolute atomic E-state index is 14.3. The lowest BCUT2D eigenvalue weighted by Gasteiger charge is -2.41. The average Bonchev–Trinajstić information content (AvgIpc) is 3.78. The van der Waals surface area contributed by atoms with Gasteiger partial charge in [0.15, 0.2) is 0 Å². The molecule has 2 aliphatic rings. The van der Waals surface area contributed by atoms with E-state index >= 15 is 0 Å². The van der Waals surface area contributed by atoms with Crippen molar-refractivity contribution < 1.29 is 23.5 Å². The average molecular weight is 595 g/mol. The van der Waals surface area contributed by atoms with Gasteiger partial charge in [0.1, 0.15) is 12.0 Å². The molecule has 0 radical (unpaired) electrons. The molecule has 2 aromatic carbocycles. The van der Waals surface area contributed by atoms with Gasteiger partial charge in [-0.25, -0.2) is 14.2 Å². The van der Waals surface area contributed by atoms with Gasteiger partial charge in [0.05, 0.1) is 34.8 Å². The number of carbonyl (C=O) groups is 2. The number of fused-ring (bicyclic) bond motifs is 2. The third-order valence-corrected chi connectivity index (χ3v) is 9.69. The summed E-state index contributed by atoms with van der Waals surface area (Å²) in [4.78, 5) is 30.1. The molecule has 44 heavy (non-hydrogen) atoms. The van der Waals surface area contributed by atoms with Gasteiger partial charge in [-0.15, -0.1) is 0 Å². The van der Waals surface area contributed by atoms with Crippen LogP contribution in [-0.4, -0.2) is 37.3 Å². The van der Waals surface area contributed by atoms with Gasteiger partial charge in [-0.05, 0) is 98.9 Å². The van der Waals surface area contributed by atoms with Crippen molar-refractivity contribution in [2.45, 2.75) is 63.1 Å². The molecule has 7 rings (SSSR count). The van der Waals surface area contributed by atoms with Gasteiger partial charge in [-0.3, -0.25) is 4.79 Å². The number of halogens is 1. The third kappa shape index (κ3) is 4.53. The number of benzene rings is 2. The fraction of sp³-hybridized carbons (Fsp3) is 0.343. The minimum absolute atomic E-state index is 0.109. The molecule has 2 saturated carbocycles. The van der Waals surface area contributed by atoms with E-state index in [1.807, 2.05) is 61.1 Å². The second kappa shape index (κ2) is 10.5. The van der Waals surface area contributed by atoms with Crippen LogP contribution in [0, 0.1) is 0 Å². The Bertz CT molecular complexity index is 1960. The van der Waals surface area contributed by atoms with Crippen molar-refractivity contribution in [3.05, 3.63) is 83.1 Å². The highest BCUT2D eigenvalue weighted by molar-refractivity contribution is 6.01. The van der Waals surface area contributed by atoms with E-state index in [9.17, 15) is 19.1 Å². The molecule has 2 fully saturated rings. The number of hydrogen-bond donors (Lipinski definition) is 2. The number of carboxylic acid groups (broad SMARTS) is 1. The van der Waals surface area contributed by atoms with Crippen molar-refractivity contribution in [3.63, 3.8) is 0 Å². The zero-order chi connectivity index (χ0) is 30.7. The Hall–Kier alpha value is -4.66. The van der Waals surface area contributed by atoms with Gasteiger partial charge in [0, 0.05) is 41.7 Å². The molecule has 2 atom stereocenters. The minimum atomic E-state index is -0.957. The van der Waals surface area contributed by atoms with E-state index in [0.717, 1.165) is 75.8 Å². The van der Waals surface area contributed by atoms with Crippen LogP contribution in [0.15, 0.2) is 65.0 Å². The summed E-state index contributed by atoms with van der Waals surface area (Å²) in [6.07, 6.45) is 8.60. The molecule has 0 aliphatic heterocycles. The topological polar surface area (TPSA) is 102 Å². The van der Waals surface area contributed by atoms with Gasteiger partial charge in [-0.1, -0.05) is 12.1 Å². The number of imidazole rings is 1. The number of aromatic nitrogens is 3. The van der Waals surface area contributed by atoms with Gasteiger partial charge in [-0.2, -0.15) is 0 Å². The van der Waals surface area contributed by atoms with Crippen molar-refractivity contribution in [1.29, 1.82) is 0 Å². The highest BCUT2D eigenvalue weighted by Crippen LogP contribution is 2.46. The quantitative estimate of drug-likeness (QED) is 0.194. The van der Waals surface area contributed by atoms with Crippen molar-refractivity contribution >= 4 is 39.9 Å². The van der Waals surface area contributed by atoms with Crippen LogP contribution in [0.3, 0.4) is 0 Å². The molecule has 2 unspecified atom stereocenters. The fourth-order valence-electron chi connectivity index (χ4n) is 7.22. The van der Waals surface area contributed by atoms with Gasteiger partial charge < -0.3 is 24.0 Å². The summed E-state index contributed by atoms with van der Waals surface area (Å²) in [5, 5.41) is 13.7. The third-order valence-electron chi connectivity index (χ3n) is 9.69. The SMILES string of the molecule is C/C(=C\c1ccc2nc(C3(NC(=O)c4ccc5c(C6CCC(F)C6)c(-c6ccoc6)n(C)c5c4)CCC3)n(C)c2c1)C(=O)O. The number of carbonyl (C=O) groups excluding carboxylic acids is 1. The predicted octanol–water partition coefficient (Wildman–Crippen LogP) is 7.23. The van der Waals surface area contributed by atoms with E-state index in [2.05, 4.69) is 9.88 Å². The van der Waals surface area contributed by atoms with Crippen molar-refractivity contribution in [1.82, 2.24) is 19.4 Å². The molecular formula is C35H35FN4O4. The largest absolute Gasteiger partial charge is 0.478 e. The first kappa shape index (κ1) is 28.1. The number of amides is 1. The molecule has 0 bridgehead atoms. The Labute approximate surface area is 254 Å². The van der Waals surface area contributed by atoms with E-state index in [1.165, 1.54) is 0 Å². The van der Waals surface area contributed by atoms with Crippen LogP contribution in [0.1, 0.15) is 78.7 Å². The summed E-state index contributed by atoms with van der Waals surface area (Å²) < 4.78 is 23.9. The number of aliphatic carboxylic acids is 1. The first-order valence-electron chi connectivity index (χ1n) is 15.2. The van der Waals surface area contributed by atoms with Crippen LogP contribution in [-0.2, 0) is 24.4 Å². The Morgan fingerprint density at radius 3 is 2.57 bits per heavy atom. The van der Waals surface area contributed by atoms with E-state index in [4.69, 9.17) is 9.40 Å². The number of aryl methyl sites for hydroxylation is 2. The highest BCUT2D eigenvalue weighted by Gasteiger charge is 2.44. The Kier molecular flexibility index (Phi) is 6.72. The first-order valence-corrected chi connectivity index (χ1v) is 15.2. The number of nitrogens with one attached hydrogen (secondary N) is 1. The number of rotatable bonds is 7. The Balaban J connectivity index is 1.24. The molecule has 226 valence electrons. The van der Waals surface area contributed by atoms with Crippen LogP contribution in [0.4, 0.5) is 4.39 Å². The van der Waals surface area contributed by atoms with Crippen LogP contribution in [0.5, 0.6) is 0 Å². The fourth-order valence-corrected chi connectivity index (χ4v) is 7.22. The second-order valence-electron chi connectivity index (χ2n) is 12.4. The van der Waals surface area contributed by atoms with Crippen LogP contribution in [0.2, 0.25) is 0 Å². The van der Waals surface area contributed by atoms with E-state index in [1.54, 1.807) is 25.5 Å². The lowest BCUT2D eigenvalue weighted by atomic mass is 9.75. The molecule has 3 aromatic heterocycles. The maximum atomic E-state index is 14.3. The summed E-state index contributed by atoms with van der Waals surface area (Å²) in [6.45, 7) is 1.57. The number of alkyl halides is 1. The minimum Gasteiger partial charge on any atom is -0.478 e. The molecular weight excluding hydrogens is 559 g/mol. The molecule has 3 heterocycles. The smallest absolute Gasteiger partial charge is 0.331 e. The lowest BCUT2D eigenvalue weighted by molar-refractivity contribution is -0.132. The van der Waals surface area contributed by atoms with Crippen molar-refractivity contribution in [2.75, 3.05) is 0 Å². The van der Waals surface area contributed by atoms with Crippen LogP contribution < -0.4 is 5.32 Å². The highest BCUT2D eigenvalue weighted by atomic mass is 19.1. The Morgan fingerprint density at radius 2 is 1.91 bits per heavy atom. The van der Waals surface area contributed by atoms with Crippen molar-refractivity contribution in [2.24, 2.45) is 14.1 Å². The maximum Gasteiger partial charge on any atom is 0.331 e. The lowest BCUT2D eigenvalue weighted by Crippen LogP contribution is -2.52. The molecule has 2 N–H and O–H groups in total. The number of furan rings is 1. The Morgan fingerprint density at radius 1 is 1.09 bits per heavy atom. The molecule has 2 aliphatic carbocycles. The summed E-state index contributed by atoms with van der Waals surface area (Å²) in [7, 11) is 3.93. The molecule has 1 amide bonds.